The van der Waals surface area contributed by atoms with Gasteiger partial charge in [-0.05, 0) is 61.2 Å². The molecule has 0 atom stereocenters. The zero-order valence-electron chi connectivity index (χ0n) is 18.9. The highest BCUT2D eigenvalue weighted by atomic mass is 35.5. The normalized spacial score (nSPS) is 13.4. The summed E-state index contributed by atoms with van der Waals surface area (Å²) in [5, 5.41) is 4.73. The number of aromatic nitrogens is 2. The monoisotopic (exact) mass is 469 g/mol. The van der Waals surface area contributed by atoms with E-state index in [0.717, 1.165) is 36.8 Å². The number of benzene rings is 2. The molecular formula is C25H28ClN3O4. The van der Waals surface area contributed by atoms with Crippen LogP contribution in [0.4, 0.5) is 0 Å². The first-order chi connectivity index (χ1) is 16.1. The molecule has 1 amide bonds. The molecule has 0 N–H and O–H groups in total. The number of halogens is 1. The molecule has 1 heterocycles. The fourth-order valence-corrected chi connectivity index (χ4v) is 3.97. The van der Waals surface area contributed by atoms with Gasteiger partial charge in [0.05, 0.1) is 14.2 Å². The van der Waals surface area contributed by atoms with Gasteiger partial charge in [-0.25, -0.2) is 0 Å². The molecule has 1 aliphatic rings. The second-order valence-corrected chi connectivity index (χ2v) is 8.60. The minimum Gasteiger partial charge on any atom is -0.493 e. The third kappa shape index (κ3) is 5.66. The molecule has 0 radical (unpaired) electrons. The number of nitrogens with zero attached hydrogens (tertiary/aromatic N) is 3. The number of methoxy groups -OCH3 is 2. The van der Waals surface area contributed by atoms with Crippen molar-refractivity contribution in [2.24, 2.45) is 5.92 Å². The van der Waals surface area contributed by atoms with Crippen molar-refractivity contribution in [1.29, 1.82) is 0 Å². The van der Waals surface area contributed by atoms with Gasteiger partial charge in [0.2, 0.25) is 17.6 Å². The minimum absolute atomic E-state index is 0.128. The van der Waals surface area contributed by atoms with Crippen LogP contribution in [0, 0.1) is 5.92 Å². The average Bonchev–Trinajstić information content (AvgIpc) is 3.27. The number of carbonyl (C=O) groups is 1. The van der Waals surface area contributed by atoms with Crippen LogP contribution in [0.3, 0.4) is 0 Å². The summed E-state index contributed by atoms with van der Waals surface area (Å²) in [4.78, 5) is 19.5. The van der Waals surface area contributed by atoms with Crippen LogP contribution < -0.4 is 9.47 Å². The molecule has 33 heavy (non-hydrogen) atoms. The number of amides is 1. The maximum Gasteiger partial charge on any atom is 0.228 e. The summed E-state index contributed by atoms with van der Waals surface area (Å²) in [6, 6.07) is 13.1. The molecule has 7 nitrogen and oxygen atoms in total. The molecule has 1 aliphatic carbocycles. The smallest absolute Gasteiger partial charge is 0.228 e. The van der Waals surface area contributed by atoms with Gasteiger partial charge in [0.15, 0.2) is 11.5 Å². The second kappa shape index (κ2) is 10.7. The van der Waals surface area contributed by atoms with Crippen molar-refractivity contribution >= 4 is 17.5 Å². The van der Waals surface area contributed by atoms with E-state index in [-0.39, 0.29) is 11.8 Å². The number of hydrogen-bond donors (Lipinski definition) is 0. The Kier molecular flexibility index (Phi) is 7.50. The molecule has 1 saturated carbocycles. The lowest BCUT2D eigenvalue weighted by atomic mass is 9.84. The fraction of sp³-hybridized carbons (Fsp3) is 0.400. The van der Waals surface area contributed by atoms with Gasteiger partial charge in [0.1, 0.15) is 0 Å². The first-order valence-electron chi connectivity index (χ1n) is 11.2. The van der Waals surface area contributed by atoms with Crippen LogP contribution in [0.5, 0.6) is 11.5 Å². The third-order valence-corrected chi connectivity index (χ3v) is 6.30. The Morgan fingerprint density at radius 3 is 2.45 bits per heavy atom. The fourth-order valence-electron chi connectivity index (χ4n) is 3.85. The SMILES string of the molecule is COc1ccc(CCN(CCc2nc(-c3ccc(Cl)cc3)no2)C(=O)C2CCC2)cc1OC. The van der Waals surface area contributed by atoms with Crippen molar-refractivity contribution in [1.82, 2.24) is 15.0 Å². The molecule has 0 unspecified atom stereocenters. The Morgan fingerprint density at radius 2 is 1.79 bits per heavy atom. The Balaban J connectivity index is 1.41. The highest BCUT2D eigenvalue weighted by Gasteiger charge is 2.29. The first-order valence-corrected chi connectivity index (χ1v) is 11.5. The molecule has 0 bridgehead atoms. The van der Waals surface area contributed by atoms with E-state index in [1.165, 1.54) is 0 Å². The van der Waals surface area contributed by atoms with Gasteiger partial charge in [0, 0.05) is 36.0 Å². The molecule has 0 saturated heterocycles. The quantitative estimate of drug-likeness (QED) is 0.423. The van der Waals surface area contributed by atoms with Crippen molar-refractivity contribution in [3.63, 3.8) is 0 Å². The van der Waals surface area contributed by atoms with E-state index in [2.05, 4.69) is 10.1 Å². The van der Waals surface area contributed by atoms with Crippen LogP contribution in [0.1, 0.15) is 30.7 Å². The zero-order chi connectivity index (χ0) is 23.2. The standard InChI is InChI=1S/C25H28ClN3O4/c1-31-21-11-6-17(16-22(21)32-2)12-14-29(25(30)19-4-3-5-19)15-13-23-27-24(28-33-23)18-7-9-20(26)10-8-18/h6-11,16,19H,3-5,12-15H2,1-2H3. The number of carbonyl (C=O) groups excluding carboxylic acids is 1. The molecule has 3 aromatic rings. The van der Waals surface area contributed by atoms with E-state index in [4.69, 9.17) is 25.6 Å². The van der Waals surface area contributed by atoms with Crippen LogP contribution >= 0.6 is 11.6 Å². The molecule has 1 fully saturated rings. The zero-order valence-corrected chi connectivity index (χ0v) is 19.7. The Bertz CT molecular complexity index is 1080. The van der Waals surface area contributed by atoms with E-state index in [0.29, 0.717) is 47.7 Å². The van der Waals surface area contributed by atoms with Crippen LogP contribution in [0.25, 0.3) is 11.4 Å². The van der Waals surface area contributed by atoms with Gasteiger partial charge in [-0.1, -0.05) is 29.2 Å². The van der Waals surface area contributed by atoms with Crippen LogP contribution in [0.2, 0.25) is 5.02 Å². The van der Waals surface area contributed by atoms with Crippen molar-refractivity contribution < 1.29 is 18.8 Å². The number of ether oxygens (including phenoxy) is 2. The van der Waals surface area contributed by atoms with Crippen LogP contribution in [-0.4, -0.2) is 48.3 Å². The van der Waals surface area contributed by atoms with E-state index >= 15 is 0 Å². The topological polar surface area (TPSA) is 77.7 Å². The summed E-state index contributed by atoms with van der Waals surface area (Å²) in [5.41, 5.74) is 1.92. The molecule has 1 aromatic heterocycles. The largest absolute Gasteiger partial charge is 0.493 e. The minimum atomic E-state index is 0.128. The highest BCUT2D eigenvalue weighted by Crippen LogP contribution is 2.30. The molecule has 0 aliphatic heterocycles. The van der Waals surface area contributed by atoms with Gasteiger partial charge in [0.25, 0.3) is 0 Å². The van der Waals surface area contributed by atoms with Crippen LogP contribution in [-0.2, 0) is 17.6 Å². The van der Waals surface area contributed by atoms with E-state index in [1.807, 2.05) is 35.2 Å². The van der Waals surface area contributed by atoms with Crippen molar-refractivity contribution in [2.75, 3.05) is 27.3 Å². The van der Waals surface area contributed by atoms with E-state index in [1.54, 1.807) is 26.4 Å². The lowest BCUT2D eigenvalue weighted by Gasteiger charge is -2.31. The Hall–Kier alpha value is -3.06. The molecular weight excluding hydrogens is 442 g/mol. The summed E-state index contributed by atoms with van der Waals surface area (Å²) in [5.74, 6) is 2.74. The van der Waals surface area contributed by atoms with Gasteiger partial charge in [-0.2, -0.15) is 4.98 Å². The average molecular weight is 470 g/mol. The predicted molar refractivity (Wildman–Crippen MR) is 126 cm³/mol. The highest BCUT2D eigenvalue weighted by molar-refractivity contribution is 6.30. The maximum absolute atomic E-state index is 13.1. The lowest BCUT2D eigenvalue weighted by molar-refractivity contribution is -0.138. The number of hydrogen-bond acceptors (Lipinski definition) is 6. The van der Waals surface area contributed by atoms with E-state index in [9.17, 15) is 4.79 Å². The van der Waals surface area contributed by atoms with Gasteiger partial charge < -0.3 is 18.9 Å². The van der Waals surface area contributed by atoms with Crippen molar-refractivity contribution in [3.05, 3.63) is 58.9 Å². The summed E-state index contributed by atoms with van der Waals surface area (Å²) >= 11 is 5.95. The van der Waals surface area contributed by atoms with Crippen molar-refractivity contribution in [2.45, 2.75) is 32.1 Å². The predicted octanol–water partition coefficient (Wildman–Crippen LogP) is 4.82. The summed E-state index contributed by atoms with van der Waals surface area (Å²) in [7, 11) is 3.24. The maximum atomic E-state index is 13.1. The van der Waals surface area contributed by atoms with Gasteiger partial charge >= 0.3 is 0 Å². The Morgan fingerprint density at radius 1 is 1.06 bits per heavy atom. The molecule has 4 rings (SSSR count). The van der Waals surface area contributed by atoms with Crippen LogP contribution in [0.15, 0.2) is 47.0 Å². The third-order valence-electron chi connectivity index (χ3n) is 6.05. The lowest BCUT2D eigenvalue weighted by Crippen LogP contribution is -2.41. The van der Waals surface area contributed by atoms with Gasteiger partial charge in [-0.15, -0.1) is 0 Å². The summed E-state index contributed by atoms with van der Waals surface area (Å²) in [6.45, 7) is 1.15. The Labute approximate surface area is 198 Å². The van der Waals surface area contributed by atoms with E-state index < -0.39 is 0 Å². The second-order valence-electron chi connectivity index (χ2n) is 8.16. The summed E-state index contributed by atoms with van der Waals surface area (Å²) in [6.07, 6.45) is 4.28. The molecule has 2 aromatic carbocycles. The number of rotatable bonds is 10. The molecule has 174 valence electrons. The molecule has 8 heteroatoms. The summed E-state index contributed by atoms with van der Waals surface area (Å²) < 4.78 is 16.2. The van der Waals surface area contributed by atoms with Crippen molar-refractivity contribution in [3.8, 4) is 22.9 Å². The molecule has 0 spiro atoms. The van der Waals surface area contributed by atoms with Gasteiger partial charge in [-0.3, -0.25) is 4.79 Å². The first kappa shape index (κ1) is 23.1.